The first-order valence-corrected chi connectivity index (χ1v) is 11.4. The number of aromatic nitrogens is 2. The monoisotopic (exact) mass is 409 g/mol. The van der Waals surface area contributed by atoms with E-state index in [1.165, 1.54) is 55.3 Å². The van der Waals surface area contributed by atoms with Crippen LogP contribution >= 0.6 is 0 Å². The number of imidazole rings is 1. The molecule has 0 spiro atoms. The average molecular weight is 410 g/mol. The van der Waals surface area contributed by atoms with Gasteiger partial charge in [0.2, 0.25) is 0 Å². The average Bonchev–Trinajstić information content (AvgIpc) is 3.41. The lowest BCUT2D eigenvalue weighted by atomic mass is 9.67. The van der Waals surface area contributed by atoms with Crippen LogP contribution < -0.4 is 4.57 Å². The Morgan fingerprint density at radius 1 is 0.656 bits per heavy atom. The quantitative estimate of drug-likeness (QED) is 0.252. The highest BCUT2D eigenvalue weighted by Crippen LogP contribution is 2.48. The van der Waals surface area contributed by atoms with E-state index < -0.39 is 0 Å². The Labute approximate surface area is 186 Å². The third kappa shape index (κ3) is 1.82. The Balaban J connectivity index is 1.64. The van der Waals surface area contributed by atoms with Crippen LogP contribution in [-0.2, 0) is 18.4 Å². The first kappa shape index (κ1) is 16.7. The molecule has 2 aliphatic rings. The van der Waals surface area contributed by atoms with Gasteiger partial charge in [-0.2, -0.15) is 4.40 Å². The van der Waals surface area contributed by atoms with Crippen LogP contribution in [0.2, 0.25) is 0 Å². The van der Waals surface area contributed by atoms with Gasteiger partial charge in [-0.1, -0.05) is 97.1 Å². The molecule has 0 aliphatic carbocycles. The molecule has 2 nitrogen and oxygen atoms in total. The summed E-state index contributed by atoms with van der Waals surface area (Å²) in [5.74, 6) is 0. The van der Waals surface area contributed by atoms with Crippen molar-refractivity contribution in [1.29, 1.82) is 0 Å². The first-order valence-electron chi connectivity index (χ1n) is 11.4. The summed E-state index contributed by atoms with van der Waals surface area (Å²) in [4.78, 5) is 0. The predicted molar refractivity (Wildman–Crippen MR) is 128 cm³/mol. The van der Waals surface area contributed by atoms with Gasteiger partial charge in [0.05, 0.1) is 10.8 Å². The highest BCUT2D eigenvalue weighted by atomic mass is 15.1. The summed E-state index contributed by atoms with van der Waals surface area (Å²) in [6.07, 6.45) is 3.40. The normalized spacial score (nSPS) is 15.5. The van der Waals surface area contributed by atoms with Crippen molar-refractivity contribution >= 4 is 27.3 Å². The van der Waals surface area contributed by atoms with E-state index in [0.717, 1.165) is 13.0 Å². The van der Waals surface area contributed by atoms with Crippen LogP contribution in [0.5, 0.6) is 0 Å². The minimum absolute atomic E-state index is 0.224. The molecule has 0 N–H and O–H groups in total. The molecule has 2 aromatic heterocycles. The lowest BCUT2D eigenvalue weighted by Gasteiger charge is -2.35. The van der Waals surface area contributed by atoms with E-state index in [-0.39, 0.29) is 5.41 Å². The molecule has 2 heteroatoms. The van der Waals surface area contributed by atoms with Gasteiger partial charge < -0.3 is 0 Å². The lowest BCUT2D eigenvalue weighted by Crippen LogP contribution is -2.36. The van der Waals surface area contributed by atoms with Gasteiger partial charge in [0.15, 0.2) is 5.69 Å². The molecule has 0 saturated heterocycles. The number of benzene rings is 4. The maximum atomic E-state index is 2.59. The van der Waals surface area contributed by atoms with Crippen molar-refractivity contribution in [3.05, 3.63) is 131 Å². The maximum Gasteiger partial charge on any atom is 0.295 e. The zero-order valence-electron chi connectivity index (χ0n) is 17.6. The molecule has 4 heterocycles. The second-order valence-electron chi connectivity index (χ2n) is 9.27. The Bertz CT molecular complexity index is 1670. The lowest BCUT2D eigenvalue weighted by molar-refractivity contribution is -0.657. The van der Waals surface area contributed by atoms with Crippen molar-refractivity contribution in [2.24, 2.45) is 0 Å². The van der Waals surface area contributed by atoms with Gasteiger partial charge in [0, 0.05) is 21.9 Å². The molecule has 0 radical (unpaired) electrons. The minimum atomic E-state index is -0.224. The molecule has 4 aromatic carbocycles. The number of hydrogen-bond donors (Lipinski definition) is 0. The van der Waals surface area contributed by atoms with E-state index in [1.54, 1.807) is 0 Å². The van der Waals surface area contributed by atoms with Crippen molar-refractivity contribution in [3.8, 4) is 0 Å². The highest BCUT2D eigenvalue weighted by molar-refractivity contribution is 6.14. The summed E-state index contributed by atoms with van der Waals surface area (Å²) in [5.41, 5.74) is 9.45. The van der Waals surface area contributed by atoms with E-state index >= 15 is 0 Å². The van der Waals surface area contributed by atoms with Crippen molar-refractivity contribution < 1.29 is 4.57 Å². The molecule has 8 rings (SSSR count). The van der Waals surface area contributed by atoms with Crippen molar-refractivity contribution in [2.75, 3.05) is 0 Å². The summed E-state index contributed by atoms with van der Waals surface area (Å²) in [6.45, 7) is 0.946. The van der Waals surface area contributed by atoms with E-state index in [1.807, 2.05) is 0 Å². The summed E-state index contributed by atoms with van der Waals surface area (Å²) in [5, 5.41) is 4.17. The fourth-order valence-corrected chi connectivity index (χ4v) is 6.52. The summed E-state index contributed by atoms with van der Waals surface area (Å²) >= 11 is 0. The number of fused-ring (bicyclic) bond motifs is 1. The van der Waals surface area contributed by atoms with E-state index in [4.69, 9.17) is 0 Å². The number of hydrogen-bond acceptors (Lipinski definition) is 0. The Morgan fingerprint density at radius 3 is 2.03 bits per heavy atom. The van der Waals surface area contributed by atoms with Gasteiger partial charge in [-0.3, -0.25) is 0 Å². The molecule has 0 unspecified atom stereocenters. The van der Waals surface area contributed by atoms with Gasteiger partial charge in [-0.05, 0) is 17.5 Å². The first-order chi connectivity index (χ1) is 15.9. The molecule has 32 heavy (non-hydrogen) atoms. The second-order valence-corrected chi connectivity index (χ2v) is 9.27. The number of rotatable bonds is 2. The van der Waals surface area contributed by atoms with Crippen molar-refractivity contribution in [1.82, 2.24) is 4.40 Å². The summed E-state index contributed by atoms with van der Waals surface area (Å²) in [6, 6.07) is 35.9. The largest absolute Gasteiger partial charge is 0.295 e. The topological polar surface area (TPSA) is 8.29 Å². The van der Waals surface area contributed by atoms with Crippen molar-refractivity contribution in [3.63, 3.8) is 0 Å². The van der Waals surface area contributed by atoms with Crippen LogP contribution in [0.3, 0.4) is 0 Å². The number of pyridine rings is 1. The van der Waals surface area contributed by atoms with Crippen LogP contribution in [0, 0.1) is 0 Å². The zero-order chi connectivity index (χ0) is 20.9. The number of nitrogens with zero attached hydrogens (tertiary/aromatic N) is 2. The molecule has 0 bridgehead atoms. The SMILES string of the molecule is c1ccc(C2(c3ccccc3)Cc3cccc4c5cccc6c5c5n(c2c[n+]5C6)c34)cc1. The van der Waals surface area contributed by atoms with Crippen molar-refractivity contribution in [2.45, 2.75) is 18.4 Å². The zero-order valence-corrected chi connectivity index (χ0v) is 17.6. The maximum absolute atomic E-state index is 2.59. The Morgan fingerprint density at radius 2 is 1.31 bits per heavy atom. The highest BCUT2D eigenvalue weighted by Gasteiger charge is 2.48. The molecular weight excluding hydrogens is 388 g/mol. The Hall–Kier alpha value is -3.91. The molecular formula is C30H21N2+. The predicted octanol–water partition coefficient (Wildman–Crippen LogP) is 5.79. The molecule has 2 aliphatic heterocycles. The van der Waals surface area contributed by atoms with Gasteiger partial charge in [-0.15, -0.1) is 0 Å². The second kappa shape index (κ2) is 5.66. The summed E-state index contributed by atoms with van der Waals surface area (Å²) in [7, 11) is 0. The standard InChI is InChI=1S/C30H21N2/c1-3-11-22(12-4-1)30(23-13-5-2-6-14-23)17-20-9-7-16-25-24-15-8-10-21-18-31-19-26(30)32(28(20)25)29(31)27(21)24/h1-16,19H,17-18H2/q+1. The fraction of sp³-hybridized carbons (Fsp3) is 0.100. The van der Waals surface area contributed by atoms with Gasteiger partial charge in [-0.25, -0.2) is 4.57 Å². The van der Waals surface area contributed by atoms with Crippen LogP contribution in [0.25, 0.3) is 27.3 Å². The molecule has 0 fully saturated rings. The molecule has 0 atom stereocenters. The van der Waals surface area contributed by atoms with Crippen LogP contribution in [0.1, 0.15) is 27.9 Å². The smallest absolute Gasteiger partial charge is 0.225 e. The van der Waals surface area contributed by atoms with E-state index in [2.05, 4.69) is 112 Å². The third-order valence-electron chi connectivity index (χ3n) is 7.78. The van der Waals surface area contributed by atoms with Gasteiger partial charge >= 0.3 is 0 Å². The van der Waals surface area contributed by atoms with E-state index in [9.17, 15) is 0 Å². The molecule has 0 saturated carbocycles. The van der Waals surface area contributed by atoms with Crippen LogP contribution in [-0.4, -0.2) is 4.40 Å². The van der Waals surface area contributed by atoms with Crippen LogP contribution in [0.4, 0.5) is 0 Å². The molecule has 150 valence electrons. The molecule has 6 aromatic rings. The van der Waals surface area contributed by atoms with E-state index in [0.29, 0.717) is 0 Å². The van der Waals surface area contributed by atoms with Crippen LogP contribution in [0.15, 0.2) is 103 Å². The Kier molecular flexibility index (Phi) is 2.96. The van der Waals surface area contributed by atoms with Gasteiger partial charge in [0.1, 0.15) is 18.3 Å². The third-order valence-corrected chi connectivity index (χ3v) is 7.78. The van der Waals surface area contributed by atoms with Gasteiger partial charge in [0.25, 0.3) is 5.65 Å². The summed E-state index contributed by atoms with van der Waals surface area (Å²) < 4.78 is 5.07. The molecule has 0 amide bonds. The number of para-hydroxylation sites is 1. The fourth-order valence-electron chi connectivity index (χ4n) is 6.52. The minimum Gasteiger partial charge on any atom is -0.225 e.